The summed E-state index contributed by atoms with van der Waals surface area (Å²) in [6.45, 7) is 6.94. The zero-order valence-corrected chi connectivity index (χ0v) is 12.8. The average Bonchev–Trinajstić information content (AvgIpc) is 2.30. The van der Waals surface area contributed by atoms with Gasteiger partial charge in [0.15, 0.2) is 5.92 Å². The molecular formula is C15H26O5. The Morgan fingerprint density at radius 3 is 1.80 bits per heavy atom. The molecule has 1 saturated carbocycles. The van der Waals surface area contributed by atoms with Crippen molar-refractivity contribution in [2.45, 2.75) is 71.7 Å². The number of ether oxygens (including phenoxy) is 2. The number of aliphatic hydroxyl groups excluding tert-OH is 1. The van der Waals surface area contributed by atoms with Gasteiger partial charge in [-0.2, -0.15) is 0 Å². The van der Waals surface area contributed by atoms with Crippen LogP contribution in [0.1, 0.15) is 53.4 Å². The van der Waals surface area contributed by atoms with Crippen molar-refractivity contribution in [1.29, 1.82) is 0 Å². The van der Waals surface area contributed by atoms with E-state index in [9.17, 15) is 14.7 Å². The Kier molecular flexibility index (Phi) is 6.46. The molecule has 1 fully saturated rings. The Balaban J connectivity index is 2.87. The summed E-state index contributed by atoms with van der Waals surface area (Å²) in [4.78, 5) is 24.4. The number of aliphatic hydroxyl groups is 1. The minimum Gasteiger partial charge on any atom is -0.462 e. The van der Waals surface area contributed by atoms with Gasteiger partial charge in [0.05, 0.1) is 18.3 Å². The van der Waals surface area contributed by atoms with E-state index in [0.29, 0.717) is 12.8 Å². The van der Waals surface area contributed by atoms with Gasteiger partial charge in [0.1, 0.15) is 0 Å². The van der Waals surface area contributed by atoms with Gasteiger partial charge in [-0.25, -0.2) is 0 Å². The second kappa shape index (κ2) is 7.62. The van der Waals surface area contributed by atoms with Gasteiger partial charge in [-0.15, -0.1) is 0 Å². The zero-order chi connectivity index (χ0) is 15.3. The van der Waals surface area contributed by atoms with E-state index >= 15 is 0 Å². The number of hydrogen-bond donors (Lipinski definition) is 1. The molecule has 0 bridgehead atoms. The van der Waals surface area contributed by atoms with Crippen molar-refractivity contribution in [2.75, 3.05) is 0 Å². The fourth-order valence-corrected chi connectivity index (χ4v) is 2.59. The number of hydrogen-bond acceptors (Lipinski definition) is 5. The van der Waals surface area contributed by atoms with E-state index in [2.05, 4.69) is 0 Å². The molecule has 1 rings (SSSR count). The fourth-order valence-electron chi connectivity index (χ4n) is 2.59. The molecule has 0 saturated heterocycles. The number of carbonyl (C=O) groups is 2. The lowest BCUT2D eigenvalue weighted by Crippen LogP contribution is -2.42. The molecule has 0 aliphatic heterocycles. The van der Waals surface area contributed by atoms with Gasteiger partial charge in [0.2, 0.25) is 0 Å². The van der Waals surface area contributed by atoms with Crippen molar-refractivity contribution in [3.05, 3.63) is 0 Å². The summed E-state index contributed by atoms with van der Waals surface area (Å²) < 4.78 is 10.3. The molecule has 0 aromatic heterocycles. The summed E-state index contributed by atoms with van der Waals surface area (Å²) in [7, 11) is 0. The second-order valence-electron chi connectivity index (χ2n) is 5.96. The van der Waals surface area contributed by atoms with Crippen LogP contribution in [0.2, 0.25) is 0 Å². The highest BCUT2D eigenvalue weighted by molar-refractivity contribution is 5.95. The van der Waals surface area contributed by atoms with E-state index in [-0.39, 0.29) is 12.2 Å². The number of rotatable bonds is 5. The van der Waals surface area contributed by atoms with Crippen LogP contribution in [-0.4, -0.2) is 35.4 Å². The highest BCUT2D eigenvalue weighted by atomic mass is 16.6. The predicted molar refractivity (Wildman–Crippen MR) is 73.9 cm³/mol. The van der Waals surface area contributed by atoms with Crippen molar-refractivity contribution in [1.82, 2.24) is 0 Å². The van der Waals surface area contributed by atoms with E-state index in [4.69, 9.17) is 9.47 Å². The average molecular weight is 286 g/mol. The summed E-state index contributed by atoms with van der Waals surface area (Å²) in [6, 6.07) is 0. The molecule has 1 aliphatic carbocycles. The van der Waals surface area contributed by atoms with Crippen LogP contribution in [-0.2, 0) is 19.1 Å². The summed E-state index contributed by atoms with van der Waals surface area (Å²) in [5.74, 6) is -2.59. The third-order valence-electron chi connectivity index (χ3n) is 3.42. The van der Waals surface area contributed by atoms with Crippen LogP contribution in [0, 0.1) is 11.8 Å². The highest BCUT2D eigenvalue weighted by Gasteiger charge is 2.42. The fraction of sp³-hybridized carbons (Fsp3) is 0.867. The molecular weight excluding hydrogens is 260 g/mol. The molecule has 2 atom stereocenters. The molecule has 0 radical (unpaired) electrons. The van der Waals surface area contributed by atoms with Crippen LogP contribution < -0.4 is 0 Å². The summed E-state index contributed by atoms with van der Waals surface area (Å²) >= 11 is 0. The van der Waals surface area contributed by atoms with E-state index in [1.807, 2.05) is 0 Å². The summed E-state index contributed by atoms with van der Waals surface area (Å²) in [5.41, 5.74) is 0. The van der Waals surface area contributed by atoms with Crippen LogP contribution in [0.4, 0.5) is 0 Å². The quantitative estimate of drug-likeness (QED) is 0.618. The maximum absolute atomic E-state index is 12.2. The van der Waals surface area contributed by atoms with Crippen molar-refractivity contribution in [3.63, 3.8) is 0 Å². The SMILES string of the molecule is CC(C)OC(=O)C(C(=O)OC(C)C)C1CCCCC1O. The lowest BCUT2D eigenvalue weighted by molar-refractivity contribution is -0.172. The molecule has 20 heavy (non-hydrogen) atoms. The van der Waals surface area contributed by atoms with Crippen LogP contribution in [0.15, 0.2) is 0 Å². The molecule has 0 spiro atoms. The van der Waals surface area contributed by atoms with Gasteiger partial charge in [-0.1, -0.05) is 12.8 Å². The second-order valence-corrected chi connectivity index (χ2v) is 5.96. The molecule has 2 unspecified atom stereocenters. The normalized spacial score (nSPS) is 23.2. The maximum atomic E-state index is 12.2. The maximum Gasteiger partial charge on any atom is 0.320 e. The van der Waals surface area contributed by atoms with Crippen molar-refractivity contribution < 1.29 is 24.2 Å². The lowest BCUT2D eigenvalue weighted by atomic mass is 9.78. The minimum atomic E-state index is -1.02. The molecule has 0 heterocycles. The number of carbonyl (C=O) groups excluding carboxylic acids is 2. The molecule has 5 nitrogen and oxygen atoms in total. The van der Waals surface area contributed by atoms with Crippen molar-refractivity contribution in [2.24, 2.45) is 11.8 Å². The number of esters is 2. The smallest absolute Gasteiger partial charge is 0.320 e. The Morgan fingerprint density at radius 2 is 1.40 bits per heavy atom. The van der Waals surface area contributed by atoms with Gasteiger partial charge < -0.3 is 14.6 Å². The van der Waals surface area contributed by atoms with Crippen LogP contribution in [0.5, 0.6) is 0 Å². The monoisotopic (exact) mass is 286 g/mol. The molecule has 1 aliphatic rings. The zero-order valence-electron chi connectivity index (χ0n) is 12.8. The Hall–Kier alpha value is -1.10. The Morgan fingerprint density at radius 1 is 0.950 bits per heavy atom. The van der Waals surface area contributed by atoms with E-state index in [1.165, 1.54) is 0 Å². The third-order valence-corrected chi connectivity index (χ3v) is 3.42. The Labute approximate surface area is 120 Å². The van der Waals surface area contributed by atoms with E-state index in [0.717, 1.165) is 12.8 Å². The van der Waals surface area contributed by atoms with Crippen molar-refractivity contribution >= 4 is 11.9 Å². The first kappa shape index (κ1) is 17.0. The largest absolute Gasteiger partial charge is 0.462 e. The molecule has 0 aromatic rings. The molecule has 1 N–H and O–H groups in total. The van der Waals surface area contributed by atoms with E-state index < -0.39 is 29.9 Å². The van der Waals surface area contributed by atoms with Crippen molar-refractivity contribution in [3.8, 4) is 0 Å². The van der Waals surface area contributed by atoms with Crippen LogP contribution in [0.3, 0.4) is 0 Å². The van der Waals surface area contributed by atoms with Crippen LogP contribution >= 0.6 is 0 Å². The first-order valence-electron chi connectivity index (χ1n) is 7.42. The molecule has 0 aromatic carbocycles. The highest BCUT2D eigenvalue weighted by Crippen LogP contribution is 2.32. The van der Waals surface area contributed by atoms with Gasteiger partial charge in [0, 0.05) is 5.92 Å². The summed E-state index contributed by atoms with van der Waals surface area (Å²) in [6.07, 6.45) is 1.85. The van der Waals surface area contributed by atoms with Gasteiger partial charge in [-0.3, -0.25) is 9.59 Å². The predicted octanol–water partition coefficient (Wildman–Crippen LogP) is 2.06. The first-order valence-corrected chi connectivity index (χ1v) is 7.42. The first-order chi connectivity index (χ1) is 9.32. The molecule has 116 valence electrons. The van der Waals surface area contributed by atoms with Crippen LogP contribution in [0.25, 0.3) is 0 Å². The van der Waals surface area contributed by atoms with Gasteiger partial charge in [-0.05, 0) is 40.5 Å². The topological polar surface area (TPSA) is 72.8 Å². The lowest BCUT2D eigenvalue weighted by Gasteiger charge is -2.32. The summed E-state index contributed by atoms with van der Waals surface area (Å²) in [5, 5.41) is 10.1. The molecule has 5 heteroatoms. The standard InChI is InChI=1S/C15H26O5/c1-9(2)19-14(17)13(15(18)20-10(3)4)11-7-5-6-8-12(11)16/h9-13,16H,5-8H2,1-4H3. The van der Waals surface area contributed by atoms with E-state index in [1.54, 1.807) is 27.7 Å². The Bertz CT molecular complexity index is 315. The third kappa shape index (κ3) is 4.78. The molecule has 0 amide bonds. The van der Waals surface area contributed by atoms with Gasteiger partial charge >= 0.3 is 11.9 Å². The van der Waals surface area contributed by atoms with Gasteiger partial charge in [0.25, 0.3) is 0 Å². The minimum absolute atomic E-state index is 0.294.